The number of aromatic hydroxyl groups is 1. The minimum absolute atomic E-state index is 0.00181. The number of hydroxylamine groups is 2. The van der Waals surface area contributed by atoms with Gasteiger partial charge in [0.15, 0.2) is 5.78 Å². The van der Waals surface area contributed by atoms with Crippen molar-refractivity contribution in [2.24, 2.45) is 41.2 Å². The molecule has 2 heterocycles. The van der Waals surface area contributed by atoms with Crippen molar-refractivity contribution < 1.29 is 58.1 Å². The Morgan fingerprint density at radius 2 is 1.45 bits per heavy atom. The molecule has 0 aliphatic carbocycles. The third-order valence-electron chi connectivity index (χ3n) is 16.1. The molecule has 1 aromatic rings. The highest BCUT2D eigenvalue weighted by atomic mass is 16.7. The van der Waals surface area contributed by atoms with Crippen LogP contribution >= 0.6 is 0 Å². The summed E-state index contributed by atoms with van der Waals surface area (Å²) < 4.78 is 12.2. The SMILES string of the molecule is CC[C@H](C)[C@@H]([C@@H](CC(=O)N1CCC[C@H]1[C@H](OC)[C@@H](C)C(=O)C[C@@H](Cc1ccc(O)cc1)C(=O)N1CCCCO1)OC)N(C)C(=O)[C@@H](CC(=O)[C@H](C(C)C)N(C)CCCCCC(=O)CCCCC[C@H](N)C(=O)O)C(C)C. The van der Waals surface area contributed by atoms with Gasteiger partial charge in [0, 0.05) is 71.9 Å². The number of likely N-dealkylation sites (tertiary alicyclic amines) is 1. The van der Waals surface area contributed by atoms with Gasteiger partial charge in [-0.2, -0.15) is 0 Å². The molecule has 0 saturated carbocycles. The number of Topliss-reactive ketones (excluding diaryl/α,β-unsaturated/α-hetero) is 3. The third-order valence-corrected chi connectivity index (χ3v) is 16.1. The topological polar surface area (TPSA) is 227 Å². The van der Waals surface area contributed by atoms with E-state index in [0.29, 0.717) is 71.2 Å². The number of rotatable bonds is 36. The Hall–Kier alpha value is -4.29. The van der Waals surface area contributed by atoms with Gasteiger partial charge in [-0.25, -0.2) is 5.06 Å². The summed E-state index contributed by atoms with van der Waals surface area (Å²) >= 11 is 0. The fourth-order valence-corrected chi connectivity index (χ4v) is 11.4. The maximum atomic E-state index is 14.8. The molecule has 0 spiro atoms. The summed E-state index contributed by atoms with van der Waals surface area (Å²) in [7, 11) is 6.82. The number of amides is 3. The molecule has 2 saturated heterocycles. The van der Waals surface area contributed by atoms with Gasteiger partial charge < -0.3 is 35.2 Å². The number of carbonyl (C=O) groups excluding carboxylic acids is 6. The number of likely N-dealkylation sites (N-methyl/N-ethyl adjacent to an activating group) is 2. The lowest BCUT2D eigenvalue weighted by Crippen LogP contribution is -2.54. The van der Waals surface area contributed by atoms with Crippen LogP contribution in [0, 0.1) is 35.5 Å². The van der Waals surface area contributed by atoms with E-state index >= 15 is 0 Å². The van der Waals surface area contributed by atoms with Crippen LogP contribution in [0.1, 0.15) is 163 Å². The highest BCUT2D eigenvalue weighted by Gasteiger charge is 2.44. The number of ether oxygens (including phenoxy) is 2. The second-order valence-corrected chi connectivity index (χ2v) is 22.4. The number of carbonyl (C=O) groups is 7. The molecule has 17 nitrogen and oxygen atoms in total. The predicted octanol–water partition coefficient (Wildman–Crippen LogP) is 7.66. The smallest absolute Gasteiger partial charge is 0.320 e. The lowest BCUT2D eigenvalue weighted by Gasteiger charge is -2.41. The van der Waals surface area contributed by atoms with Crippen molar-refractivity contribution in [3.05, 3.63) is 29.8 Å². The second-order valence-electron chi connectivity index (χ2n) is 22.4. The van der Waals surface area contributed by atoms with Crippen LogP contribution in [0.2, 0.25) is 0 Å². The van der Waals surface area contributed by atoms with Gasteiger partial charge in [0.25, 0.3) is 0 Å². The monoisotopic (exact) mass is 1060 g/mol. The summed E-state index contributed by atoms with van der Waals surface area (Å²) in [6.45, 7) is 15.9. The summed E-state index contributed by atoms with van der Waals surface area (Å²) in [5.41, 5.74) is 6.37. The lowest BCUT2D eigenvalue weighted by molar-refractivity contribution is -0.201. The maximum Gasteiger partial charge on any atom is 0.320 e. The van der Waals surface area contributed by atoms with Gasteiger partial charge in [0.1, 0.15) is 23.4 Å². The molecule has 17 heteroatoms. The lowest BCUT2D eigenvalue weighted by atomic mass is 9.83. The fraction of sp³-hybridized carbons (Fsp3) is 0.776. The number of nitrogens with two attached hydrogens (primary N) is 1. The predicted molar refractivity (Wildman–Crippen MR) is 289 cm³/mol. The second kappa shape index (κ2) is 33.1. The number of hydrogen-bond donors (Lipinski definition) is 3. The van der Waals surface area contributed by atoms with E-state index in [0.717, 1.165) is 50.5 Å². The molecule has 1 aromatic carbocycles. The molecule has 0 bridgehead atoms. The molecule has 3 rings (SSSR count). The molecular weight excluding hydrogens is 959 g/mol. The Bertz CT molecular complexity index is 1940. The Balaban J connectivity index is 1.67. The van der Waals surface area contributed by atoms with Gasteiger partial charge in [-0.1, -0.05) is 86.3 Å². The van der Waals surface area contributed by atoms with Crippen molar-refractivity contribution in [2.45, 2.75) is 200 Å². The van der Waals surface area contributed by atoms with Gasteiger partial charge in [0.2, 0.25) is 17.7 Å². The first-order valence-corrected chi connectivity index (χ1v) is 28.2. The number of benzene rings is 1. The van der Waals surface area contributed by atoms with E-state index in [1.54, 1.807) is 62.3 Å². The highest BCUT2D eigenvalue weighted by Crippen LogP contribution is 2.33. The van der Waals surface area contributed by atoms with Gasteiger partial charge in [0.05, 0.1) is 49.3 Å². The standard InChI is InChI=1S/C58H97N5O12/c1-12-40(6)54(61(9)57(70)46(38(2)3)36-50(67)53(39(4)5)60(8)30-18-14-16-23-44(64)22-15-13-17-24-47(59)58(71)72)51(73-10)37-52(68)62-31-21-25-48(62)55(74-11)41(7)49(66)35-43(34-42-26-28-45(65)29-27-42)56(69)63-32-19-20-33-75-63/h26-29,38-41,43,46-48,51,53-55,65H,12-25,30-37,59H2,1-11H3,(H,71,72)/t40-,41-,43+,46-,47-,48-,51+,53-,54-,55+/m0/s1. The van der Waals surface area contributed by atoms with E-state index in [-0.39, 0.29) is 84.3 Å². The van der Waals surface area contributed by atoms with E-state index in [4.69, 9.17) is 25.2 Å². The molecule has 0 aromatic heterocycles. The average molecular weight is 1060 g/mol. The van der Waals surface area contributed by atoms with Crippen molar-refractivity contribution in [3.8, 4) is 5.75 Å². The van der Waals surface area contributed by atoms with Crippen molar-refractivity contribution >= 4 is 41.0 Å². The number of nitrogens with zero attached hydrogens (tertiary/aromatic N) is 4. The van der Waals surface area contributed by atoms with Gasteiger partial charge >= 0.3 is 5.97 Å². The zero-order valence-electron chi connectivity index (χ0n) is 47.6. The van der Waals surface area contributed by atoms with Crippen LogP contribution < -0.4 is 5.73 Å². The number of hydrogen-bond acceptors (Lipinski definition) is 13. The largest absolute Gasteiger partial charge is 0.508 e. The van der Waals surface area contributed by atoms with Crippen LogP contribution in [0.25, 0.3) is 0 Å². The summed E-state index contributed by atoms with van der Waals surface area (Å²) in [6, 6.07) is 4.47. The summed E-state index contributed by atoms with van der Waals surface area (Å²) in [6.07, 6.45) is 8.65. The van der Waals surface area contributed by atoms with Crippen molar-refractivity contribution in [1.82, 2.24) is 19.8 Å². The van der Waals surface area contributed by atoms with E-state index in [1.165, 1.54) is 5.06 Å². The molecule has 426 valence electrons. The number of phenolic OH excluding ortho intramolecular Hbond substituents is 1. The number of aliphatic carboxylic acids is 1. The number of unbranched alkanes of at least 4 members (excludes halogenated alkanes) is 4. The summed E-state index contributed by atoms with van der Waals surface area (Å²) in [4.78, 5) is 106. The molecule has 4 N–H and O–H groups in total. The van der Waals surface area contributed by atoms with Crippen LogP contribution in [0.15, 0.2) is 24.3 Å². The summed E-state index contributed by atoms with van der Waals surface area (Å²) in [5, 5.41) is 20.2. The number of carboxylic acids is 1. The minimum atomic E-state index is -1.00. The molecule has 10 atom stereocenters. The third kappa shape index (κ3) is 20.2. The fourth-order valence-electron chi connectivity index (χ4n) is 11.4. The quantitative estimate of drug-likeness (QED) is 0.0549. The van der Waals surface area contributed by atoms with E-state index in [9.17, 15) is 38.7 Å². The zero-order chi connectivity index (χ0) is 55.9. The maximum absolute atomic E-state index is 14.8. The number of carboxylic acid groups (broad SMARTS) is 1. The Morgan fingerprint density at radius 3 is 2.01 bits per heavy atom. The van der Waals surface area contributed by atoms with Gasteiger partial charge in [-0.3, -0.25) is 43.3 Å². The Labute approximate surface area is 449 Å². The van der Waals surface area contributed by atoms with Crippen LogP contribution in [-0.2, 0) is 54.3 Å². The Kier molecular flexibility index (Phi) is 28.7. The molecule has 75 heavy (non-hydrogen) atoms. The van der Waals surface area contributed by atoms with E-state index < -0.39 is 60.1 Å². The van der Waals surface area contributed by atoms with Crippen LogP contribution in [0.5, 0.6) is 5.75 Å². The first-order valence-electron chi connectivity index (χ1n) is 28.2. The molecule has 3 amide bonds. The van der Waals surface area contributed by atoms with Gasteiger partial charge in [-0.15, -0.1) is 0 Å². The molecular formula is C58H97N5O12. The first kappa shape index (κ1) is 65.0. The van der Waals surface area contributed by atoms with E-state index in [1.807, 2.05) is 48.6 Å². The normalized spacial score (nSPS) is 18.8. The number of methoxy groups -OCH3 is 2. The van der Waals surface area contributed by atoms with Crippen molar-refractivity contribution in [3.63, 3.8) is 0 Å². The summed E-state index contributed by atoms with van der Waals surface area (Å²) in [5.74, 6) is -3.62. The average Bonchev–Trinajstić information content (AvgIpc) is 3.87. The number of phenols is 1. The molecule has 0 radical (unpaired) electrons. The number of ketones is 3. The Morgan fingerprint density at radius 1 is 0.800 bits per heavy atom. The molecule has 2 aliphatic heterocycles. The molecule has 2 fully saturated rings. The van der Waals surface area contributed by atoms with Crippen LogP contribution in [0.4, 0.5) is 0 Å². The first-order chi connectivity index (χ1) is 35.6. The van der Waals surface area contributed by atoms with Crippen LogP contribution in [-0.4, -0.2) is 162 Å². The minimum Gasteiger partial charge on any atom is -0.508 e. The van der Waals surface area contributed by atoms with E-state index in [2.05, 4.69) is 4.90 Å². The zero-order valence-corrected chi connectivity index (χ0v) is 47.6. The van der Waals surface area contributed by atoms with Gasteiger partial charge in [-0.05, 0) is 107 Å². The van der Waals surface area contributed by atoms with Crippen molar-refractivity contribution in [2.75, 3.05) is 54.6 Å². The van der Waals surface area contributed by atoms with Crippen LogP contribution in [0.3, 0.4) is 0 Å². The molecule has 2 aliphatic rings. The highest BCUT2D eigenvalue weighted by molar-refractivity contribution is 5.90. The van der Waals surface area contributed by atoms with Crippen molar-refractivity contribution in [1.29, 1.82) is 0 Å². The molecule has 0 unspecified atom stereocenters.